The number of ether oxygens (including phenoxy) is 2. The molecule has 0 spiro atoms. The number of pyridine rings is 2. The molecule has 4 unspecified atom stereocenters. The maximum Gasteiger partial charge on any atom is 0.253 e. The topological polar surface area (TPSA) is 108 Å². The molecule has 1 fully saturated rings. The quantitative estimate of drug-likeness (QED) is 0.104. The number of aromatic nitrogens is 2. The maximum atomic E-state index is 12.6. The molecule has 3 heterocycles. The molecule has 0 saturated carbocycles. The van der Waals surface area contributed by atoms with Crippen molar-refractivity contribution in [3.05, 3.63) is 155 Å². The molecule has 6 rings (SSSR count). The number of amides is 1. The van der Waals surface area contributed by atoms with E-state index in [1.165, 1.54) is 18.0 Å². The fourth-order valence-corrected chi connectivity index (χ4v) is 6.63. The molecule has 46 heavy (non-hydrogen) atoms. The summed E-state index contributed by atoms with van der Waals surface area (Å²) in [5.41, 5.74) is 6.25. The summed E-state index contributed by atoms with van der Waals surface area (Å²) in [6.07, 6.45) is 3.62. The smallest absolute Gasteiger partial charge is 0.253 e. The number of nitrogens with one attached hydrogen (secondary N) is 1. The fraction of sp³-hybridized carbons (Fsp3) is 0.216. The summed E-state index contributed by atoms with van der Waals surface area (Å²) >= 11 is 1.47. The zero-order chi connectivity index (χ0) is 31.9. The van der Waals surface area contributed by atoms with E-state index in [0.717, 1.165) is 38.1 Å². The Morgan fingerprint density at radius 2 is 1.70 bits per heavy atom. The fourth-order valence-electron chi connectivity index (χ4n) is 5.55. The van der Waals surface area contributed by atoms with Crippen LogP contribution in [0.2, 0.25) is 0 Å². The highest BCUT2D eigenvalue weighted by atomic mass is 32.2. The third-order valence-electron chi connectivity index (χ3n) is 8.18. The predicted octanol–water partition coefficient (Wildman–Crippen LogP) is 6.39. The number of hydrogen-bond acceptors (Lipinski definition) is 7. The van der Waals surface area contributed by atoms with E-state index in [2.05, 4.69) is 17.2 Å². The standard InChI is InChI=1S/C37H35N3O5S/c1-25-33(24-46-34-10-4-5-20-40(34)43)44-37(45-35(25)28-13-11-26(23-41)12-14-28)29-17-15-27(16-18-29)32-9-3-2-7-30(32)22-39-36(42)31-8-6-19-38-21-31/h2-21,25,33,35,37,41H,22-24H2,1H3,(H,39,42). The predicted molar refractivity (Wildman–Crippen MR) is 176 cm³/mol. The van der Waals surface area contributed by atoms with E-state index >= 15 is 0 Å². The van der Waals surface area contributed by atoms with Crippen LogP contribution in [-0.2, 0) is 22.6 Å². The van der Waals surface area contributed by atoms with Gasteiger partial charge < -0.3 is 25.1 Å². The van der Waals surface area contributed by atoms with Crippen LogP contribution in [0.25, 0.3) is 11.1 Å². The third kappa shape index (κ3) is 7.29. The van der Waals surface area contributed by atoms with Crippen molar-refractivity contribution in [2.75, 3.05) is 5.75 Å². The van der Waals surface area contributed by atoms with E-state index in [9.17, 15) is 15.1 Å². The number of carbonyl (C=O) groups is 1. The molecule has 5 aromatic rings. The molecule has 1 aliphatic rings. The Morgan fingerprint density at radius 3 is 2.43 bits per heavy atom. The van der Waals surface area contributed by atoms with Gasteiger partial charge in [0.05, 0.1) is 24.4 Å². The number of benzene rings is 3. The van der Waals surface area contributed by atoms with Gasteiger partial charge in [0.15, 0.2) is 12.5 Å². The summed E-state index contributed by atoms with van der Waals surface area (Å²) in [4.78, 5) is 16.7. The number of thioether (sulfide) groups is 1. The second-order valence-corrected chi connectivity index (χ2v) is 12.2. The van der Waals surface area contributed by atoms with Gasteiger partial charge in [0, 0.05) is 48.3 Å². The first-order chi connectivity index (χ1) is 22.5. The summed E-state index contributed by atoms with van der Waals surface area (Å²) in [5, 5.41) is 25.5. The van der Waals surface area contributed by atoms with Gasteiger partial charge in [-0.1, -0.05) is 91.5 Å². The van der Waals surface area contributed by atoms with Crippen molar-refractivity contribution in [2.45, 2.75) is 43.6 Å². The molecule has 3 aromatic carbocycles. The first kappa shape index (κ1) is 31.4. The Labute approximate surface area is 272 Å². The minimum absolute atomic E-state index is 0.000527. The van der Waals surface area contributed by atoms with Gasteiger partial charge in [-0.3, -0.25) is 9.78 Å². The van der Waals surface area contributed by atoms with Crippen molar-refractivity contribution in [1.82, 2.24) is 10.3 Å². The minimum Gasteiger partial charge on any atom is -0.618 e. The first-order valence-corrected chi connectivity index (χ1v) is 16.2. The molecule has 8 nitrogen and oxygen atoms in total. The van der Waals surface area contributed by atoms with Crippen LogP contribution in [0.15, 0.2) is 127 Å². The Balaban J connectivity index is 1.21. The Bertz CT molecular complexity index is 1750. The van der Waals surface area contributed by atoms with Gasteiger partial charge in [-0.2, -0.15) is 4.73 Å². The molecule has 0 aliphatic carbocycles. The molecule has 1 saturated heterocycles. The highest BCUT2D eigenvalue weighted by Gasteiger charge is 2.38. The molecule has 234 valence electrons. The van der Waals surface area contributed by atoms with E-state index in [-0.39, 0.29) is 30.6 Å². The molecule has 2 N–H and O–H groups in total. The van der Waals surface area contributed by atoms with Crippen molar-refractivity contribution in [1.29, 1.82) is 0 Å². The van der Waals surface area contributed by atoms with Crippen molar-refractivity contribution in [3.63, 3.8) is 0 Å². The second kappa shape index (κ2) is 14.7. The minimum atomic E-state index is -0.623. The van der Waals surface area contributed by atoms with Crippen molar-refractivity contribution in [3.8, 4) is 11.1 Å². The number of carbonyl (C=O) groups excluding carboxylic acids is 1. The van der Waals surface area contributed by atoms with Gasteiger partial charge in [-0.15, -0.1) is 0 Å². The van der Waals surface area contributed by atoms with E-state index in [0.29, 0.717) is 22.9 Å². The van der Waals surface area contributed by atoms with Crippen LogP contribution in [0.3, 0.4) is 0 Å². The van der Waals surface area contributed by atoms with E-state index in [4.69, 9.17) is 9.47 Å². The molecule has 0 bridgehead atoms. The Morgan fingerprint density at radius 1 is 0.935 bits per heavy atom. The lowest BCUT2D eigenvalue weighted by Crippen LogP contribution is -2.39. The van der Waals surface area contributed by atoms with Crippen LogP contribution >= 0.6 is 11.8 Å². The molecule has 0 radical (unpaired) electrons. The Hall–Kier alpha value is -4.54. The van der Waals surface area contributed by atoms with Crippen molar-refractivity contribution >= 4 is 17.7 Å². The van der Waals surface area contributed by atoms with Gasteiger partial charge in [0.25, 0.3) is 10.9 Å². The van der Waals surface area contributed by atoms with Crippen LogP contribution in [0.5, 0.6) is 0 Å². The third-order valence-corrected chi connectivity index (χ3v) is 9.29. The number of rotatable bonds is 10. The first-order valence-electron chi connectivity index (χ1n) is 15.2. The molecule has 1 amide bonds. The zero-order valence-electron chi connectivity index (χ0n) is 25.4. The molecule has 9 heteroatoms. The summed E-state index contributed by atoms with van der Waals surface area (Å²) < 4.78 is 14.1. The number of aliphatic hydroxyl groups is 1. The number of aliphatic hydroxyl groups excluding tert-OH is 1. The monoisotopic (exact) mass is 633 g/mol. The molecule has 4 atom stereocenters. The van der Waals surface area contributed by atoms with Gasteiger partial charge in [-0.25, -0.2) is 0 Å². The maximum absolute atomic E-state index is 12.6. The number of hydrogen-bond donors (Lipinski definition) is 2. The van der Waals surface area contributed by atoms with Crippen LogP contribution in [0.4, 0.5) is 0 Å². The largest absolute Gasteiger partial charge is 0.618 e. The highest BCUT2D eigenvalue weighted by molar-refractivity contribution is 7.99. The molecule has 1 aliphatic heterocycles. The van der Waals surface area contributed by atoms with Crippen molar-refractivity contribution in [2.24, 2.45) is 5.92 Å². The summed E-state index contributed by atoms with van der Waals surface area (Å²) in [5.74, 6) is 0.402. The van der Waals surface area contributed by atoms with Crippen LogP contribution < -0.4 is 10.0 Å². The van der Waals surface area contributed by atoms with Gasteiger partial charge in [-0.05, 0) is 46.0 Å². The van der Waals surface area contributed by atoms with Crippen LogP contribution in [0, 0.1) is 11.1 Å². The van der Waals surface area contributed by atoms with E-state index < -0.39 is 6.29 Å². The summed E-state index contributed by atoms with van der Waals surface area (Å²) in [7, 11) is 0. The average molecular weight is 634 g/mol. The molecular formula is C37H35N3O5S. The summed E-state index contributed by atoms with van der Waals surface area (Å²) in [6, 6.07) is 32.8. The second-order valence-electron chi connectivity index (χ2n) is 11.2. The number of nitrogens with zero attached hydrogens (tertiary/aromatic N) is 2. The zero-order valence-corrected chi connectivity index (χ0v) is 26.2. The normalized spacial score (nSPS) is 19.4. The van der Waals surface area contributed by atoms with Gasteiger partial charge in [0.1, 0.15) is 0 Å². The van der Waals surface area contributed by atoms with Gasteiger partial charge >= 0.3 is 0 Å². The van der Waals surface area contributed by atoms with Crippen LogP contribution in [-0.4, -0.2) is 27.9 Å². The molecular weight excluding hydrogens is 598 g/mol. The van der Waals surface area contributed by atoms with Crippen LogP contribution in [0.1, 0.15) is 51.9 Å². The highest BCUT2D eigenvalue weighted by Crippen LogP contribution is 2.43. The average Bonchev–Trinajstić information content (AvgIpc) is 3.11. The van der Waals surface area contributed by atoms with Crippen molar-refractivity contribution < 1.29 is 24.1 Å². The molecule has 2 aromatic heterocycles. The Kier molecular flexibility index (Phi) is 10.0. The van der Waals surface area contributed by atoms with Gasteiger partial charge in [0.2, 0.25) is 0 Å². The SMILES string of the molecule is CC1C(CSc2cccc[n+]2[O-])OC(c2ccc(-c3ccccc3CNC(=O)c3cccnc3)cc2)OC1c1ccc(CO)cc1. The lowest BCUT2D eigenvalue weighted by molar-refractivity contribution is -0.645. The van der Waals surface area contributed by atoms with E-state index in [1.54, 1.807) is 30.6 Å². The lowest BCUT2D eigenvalue weighted by Gasteiger charge is -2.41. The summed E-state index contributed by atoms with van der Waals surface area (Å²) in [6.45, 7) is 2.46. The van der Waals surface area contributed by atoms with E-state index in [1.807, 2.05) is 84.9 Å². The lowest BCUT2D eigenvalue weighted by atomic mass is 9.91.